The van der Waals surface area contributed by atoms with Gasteiger partial charge in [0.2, 0.25) is 0 Å². The molecule has 0 saturated heterocycles. The zero-order valence-corrected chi connectivity index (χ0v) is 11.7. The smallest absolute Gasteiger partial charge is 0.0897 e. The summed E-state index contributed by atoms with van der Waals surface area (Å²) >= 11 is 3.58. The first-order valence-corrected chi connectivity index (χ1v) is 6.34. The average Bonchev–Trinajstić information content (AvgIpc) is 2.61. The molecule has 1 aromatic rings. The number of methoxy groups -OCH3 is 1. The Hall–Kier alpha value is -0.390. The van der Waals surface area contributed by atoms with Crippen LogP contribution in [0.2, 0.25) is 0 Å². The van der Waals surface area contributed by atoms with Gasteiger partial charge < -0.3 is 9.47 Å². The maximum Gasteiger partial charge on any atom is 0.0897 e. The fourth-order valence-corrected chi connectivity index (χ4v) is 2.15. The molecule has 1 heterocycles. The fourth-order valence-electron chi connectivity index (χ4n) is 1.47. The Morgan fingerprint density at radius 2 is 2.06 bits per heavy atom. The Bertz CT molecular complexity index is 326. The molecule has 0 aliphatic rings. The van der Waals surface area contributed by atoms with Crippen LogP contribution in [0.1, 0.15) is 25.2 Å². The zero-order chi connectivity index (χ0) is 12.0. The Morgan fingerprint density at radius 1 is 1.31 bits per heavy atom. The van der Waals surface area contributed by atoms with E-state index in [-0.39, 0.29) is 0 Å². The van der Waals surface area contributed by atoms with Crippen LogP contribution in [0.25, 0.3) is 0 Å². The van der Waals surface area contributed by atoms with Gasteiger partial charge in [-0.25, -0.2) is 0 Å². The summed E-state index contributed by atoms with van der Waals surface area (Å²) in [5.74, 6) is 0. The molecule has 1 rings (SSSR count). The molecule has 0 aromatic carbocycles. The number of halogens is 1. The van der Waals surface area contributed by atoms with Gasteiger partial charge in [0.15, 0.2) is 0 Å². The van der Waals surface area contributed by atoms with Crippen LogP contribution in [-0.2, 0) is 29.0 Å². The first kappa shape index (κ1) is 13.7. The summed E-state index contributed by atoms with van der Waals surface area (Å²) in [5.41, 5.74) is 2.20. The van der Waals surface area contributed by atoms with E-state index in [9.17, 15) is 0 Å². The molecule has 0 spiro atoms. The van der Waals surface area contributed by atoms with Crippen molar-refractivity contribution in [1.29, 1.82) is 0 Å². The summed E-state index contributed by atoms with van der Waals surface area (Å²) in [6.07, 6.45) is 0.929. The summed E-state index contributed by atoms with van der Waals surface area (Å²) in [6.45, 7) is 6.85. The minimum Gasteiger partial charge on any atom is -0.382 e. The third kappa shape index (κ3) is 3.30. The van der Waals surface area contributed by atoms with Crippen molar-refractivity contribution in [2.45, 2.75) is 33.4 Å². The molecule has 16 heavy (non-hydrogen) atoms. The molecule has 0 N–H and O–H groups in total. The minimum absolute atomic E-state index is 0.574. The molecule has 0 saturated carbocycles. The summed E-state index contributed by atoms with van der Waals surface area (Å²) in [4.78, 5) is 0. The highest BCUT2D eigenvalue weighted by Gasteiger charge is 2.13. The second kappa shape index (κ2) is 7.04. The Balaban J connectivity index is 2.65. The van der Waals surface area contributed by atoms with Gasteiger partial charge in [0, 0.05) is 13.7 Å². The van der Waals surface area contributed by atoms with Gasteiger partial charge >= 0.3 is 0 Å². The van der Waals surface area contributed by atoms with Crippen molar-refractivity contribution in [3.8, 4) is 0 Å². The van der Waals surface area contributed by atoms with Gasteiger partial charge in [0.05, 0.1) is 35.7 Å². The normalized spacial score (nSPS) is 11.0. The molecular weight excluding hydrogens is 272 g/mol. The number of aromatic nitrogens is 2. The van der Waals surface area contributed by atoms with Gasteiger partial charge in [-0.1, -0.05) is 6.92 Å². The lowest BCUT2D eigenvalue weighted by molar-refractivity contribution is 0.0583. The third-order valence-electron chi connectivity index (χ3n) is 2.36. The number of rotatable bonds is 7. The van der Waals surface area contributed by atoms with E-state index in [2.05, 4.69) is 34.9 Å². The van der Waals surface area contributed by atoms with E-state index in [1.54, 1.807) is 7.11 Å². The molecule has 92 valence electrons. The highest BCUT2D eigenvalue weighted by molar-refractivity contribution is 9.10. The van der Waals surface area contributed by atoms with Gasteiger partial charge in [0.1, 0.15) is 0 Å². The molecule has 0 aliphatic carbocycles. The third-order valence-corrected chi connectivity index (χ3v) is 3.28. The summed E-state index contributed by atoms with van der Waals surface area (Å²) < 4.78 is 13.5. The Kier molecular flexibility index (Phi) is 6.01. The van der Waals surface area contributed by atoms with Crippen molar-refractivity contribution < 1.29 is 9.47 Å². The topological polar surface area (TPSA) is 36.3 Å². The minimum atomic E-state index is 0.574. The molecule has 0 radical (unpaired) electrons. The van der Waals surface area contributed by atoms with Crippen molar-refractivity contribution in [1.82, 2.24) is 9.78 Å². The van der Waals surface area contributed by atoms with Crippen LogP contribution in [0.4, 0.5) is 0 Å². The number of aryl methyl sites for hydroxylation is 2. The largest absolute Gasteiger partial charge is 0.382 e. The van der Waals surface area contributed by atoms with Crippen LogP contribution < -0.4 is 0 Å². The predicted octanol–water partition coefficient (Wildman–Crippen LogP) is 2.39. The Morgan fingerprint density at radius 3 is 2.62 bits per heavy atom. The van der Waals surface area contributed by atoms with Crippen LogP contribution in [0.5, 0.6) is 0 Å². The van der Waals surface area contributed by atoms with Gasteiger partial charge in [-0.05, 0) is 29.3 Å². The lowest BCUT2D eigenvalue weighted by Crippen LogP contribution is -2.07. The summed E-state index contributed by atoms with van der Waals surface area (Å²) in [7, 11) is 1.67. The molecule has 0 fully saturated rings. The van der Waals surface area contributed by atoms with E-state index in [1.165, 1.54) is 0 Å². The lowest BCUT2D eigenvalue weighted by atomic mass is 10.3. The molecule has 0 unspecified atom stereocenters. The lowest BCUT2D eigenvalue weighted by Gasteiger charge is -2.06. The summed E-state index contributed by atoms with van der Waals surface area (Å²) in [6, 6.07) is 0. The van der Waals surface area contributed by atoms with Crippen molar-refractivity contribution in [2.75, 3.05) is 20.3 Å². The van der Waals surface area contributed by atoms with Crippen LogP contribution >= 0.6 is 15.9 Å². The van der Waals surface area contributed by atoms with Crippen LogP contribution in [0.3, 0.4) is 0 Å². The predicted molar refractivity (Wildman–Crippen MR) is 66.5 cm³/mol. The molecule has 0 amide bonds. The highest BCUT2D eigenvalue weighted by atomic mass is 79.9. The number of ether oxygens (including phenoxy) is 2. The average molecular weight is 291 g/mol. The molecule has 4 nitrogen and oxygen atoms in total. The van der Waals surface area contributed by atoms with E-state index < -0.39 is 0 Å². The SMILES string of the molecule is CCc1nn(CC)c(COCCOC)c1Br. The number of hydrogen-bond donors (Lipinski definition) is 0. The van der Waals surface area contributed by atoms with E-state index in [0.717, 1.165) is 28.8 Å². The van der Waals surface area contributed by atoms with Gasteiger partial charge in [0.25, 0.3) is 0 Å². The second-order valence-corrected chi connectivity index (χ2v) is 4.22. The molecule has 5 heteroatoms. The number of hydrogen-bond acceptors (Lipinski definition) is 3. The standard InChI is InChI=1S/C11H19BrN2O2/c1-4-9-11(12)10(14(5-2)13-9)8-16-7-6-15-3/h4-8H2,1-3H3. The van der Waals surface area contributed by atoms with E-state index >= 15 is 0 Å². The molecule has 0 aliphatic heterocycles. The van der Waals surface area contributed by atoms with Crippen molar-refractivity contribution in [3.63, 3.8) is 0 Å². The maximum absolute atomic E-state index is 5.53. The second-order valence-electron chi connectivity index (χ2n) is 3.42. The molecule has 0 bridgehead atoms. The van der Waals surface area contributed by atoms with Gasteiger partial charge in [-0.15, -0.1) is 0 Å². The van der Waals surface area contributed by atoms with Crippen molar-refractivity contribution >= 4 is 15.9 Å². The van der Waals surface area contributed by atoms with Gasteiger partial charge in [-0.2, -0.15) is 5.10 Å². The van der Waals surface area contributed by atoms with Crippen LogP contribution in [0.15, 0.2) is 4.47 Å². The first-order valence-electron chi connectivity index (χ1n) is 5.55. The fraction of sp³-hybridized carbons (Fsp3) is 0.727. The Labute approximate surface area is 105 Å². The van der Waals surface area contributed by atoms with Crippen molar-refractivity contribution in [3.05, 3.63) is 15.9 Å². The van der Waals surface area contributed by atoms with Gasteiger partial charge in [-0.3, -0.25) is 4.68 Å². The van der Waals surface area contributed by atoms with E-state index in [1.807, 2.05) is 4.68 Å². The molecular formula is C11H19BrN2O2. The van der Waals surface area contributed by atoms with E-state index in [0.29, 0.717) is 19.8 Å². The highest BCUT2D eigenvalue weighted by Crippen LogP contribution is 2.22. The molecule has 0 atom stereocenters. The quantitative estimate of drug-likeness (QED) is 0.724. The van der Waals surface area contributed by atoms with Crippen LogP contribution in [0, 0.1) is 0 Å². The van der Waals surface area contributed by atoms with Crippen LogP contribution in [-0.4, -0.2) is 30.1 Å². The monoisotopic (exact) mass is 290 g/mol. The first-order chi connectivity index (χ1) is 7.74. The summed E-state index contributed by atoms with van der Waals surface area (Å²) in [5, 5.41) is 4.50. The maximum atomic E-state index is 5.53. The zero-order valence-electron chi connectivity index (χ0n) is 10.1. The van der Waals surface area contributed by atoms with Crippen molar-refractivity contribution in [2.24, 2.45) is 0 Å². The molecule has 1 aromatic heterocycles. The number of nitrogens with zero attached hydrogens (tertiary/aromatic N) is 2. The van der Waals surface area contributed by atoms with E-state index in [4.69, 9.17) is 9.47 Å².